The molecule has 0 saturated carbocycles. The van der Waals surface area contributed by atoms with Gasteiger partial charge in [0.1, 0.15) is 0 Å². The highest BCUT2D eigenvalue weighted by molar-refractivity contribution is 7.99. The molecule has 1 aromatic heterocycles. The zero-order chi connectivity index (χ0) is 18.6. The monoisotopic (exact) mass is 391 g/mol. The molecule has 26 heavy (non-hydrogen) atoms. The summed E-state index contributed by atoms with van der Waals surface area (Å²) in [6, 6.07) is 8.24. The third kappa shape index (κ3) is 7.17. The first-order valence-corrected chi connectivity index (χ1v) is 10.7. The van der Waals surface area contributed by atoms with Gasteiger partial charge in [-0.15, -0.1) is 23.1 Å². The van der Waals surface area contributed by atoms with E-state index in [9.17, 15) is 4.79 Å². The summed E-state index contributed by atoms with van der Waals surface area (Å²) in [4.78, 5) is 17.1. The van der Waals surface area contributed by atoms with Crippen LogP contribution < -0.4 is 5.43 Å². The van der Waals surface area contributed by atoms with Crippen molar-refractivity contribution in [2.24, 2.45) is 5.10 Å². The van der Waals surface area contributed by atoms with Crippen molar-refractivity contribution >= 4 is 40.4 Å². The predicted octanol–water partition coefficient (Wildman–Crippen LogP) is 4.98. The third-order valence-electron chi connectivity index (χ3n) is 3.47. The molecule has 0 atom stereocenters. The summed E-state index contributed by atoms with van der Waals surface area (Å²) in [6.45, 7) is 4.39. The van der Waals surface area contributed by atoms with Crippen LogP contribution in [0, 0.1) is 0 Å². The standard InChI is InChI=1S/C19H25N3O2S2/c1-3-5-8-11-25-17-10-7-6-9-15(17)13-20-22-19-21-16(14-26-19)12-18(23)24-4-2/h6-7,9-10,13-14H,3-5,8,11-12H2,1-2H3,(H,21,22). The number of thiazole rings is 1. The summed E-state index contributed by atoms with van der Waals surface area (Å²) >= 11 is 3.28. The maximum atomic E-state index is 11.5. The third-order valence-corrected chi connectivity index (χ3v) is 5.44. The average molecular weight is 392 g/mol. The number of hydrogen-bond donors (Lipinski definition) is 1. The van der Waals surface area contributed by atoms with Gasteiger partial charge in [-0.3, -0.25) is 10.2 Å². The van der Waals surface area contributed by atoms with Crippen LogP contribution in [0.3, 0.4) is 0 Å². The van der Waals surface area contributed by atoms with Crippen molar-refractivity contribution in [3.05, 3.63) is 40.9 Å². The highest BCUT2D eigenvalue weighted by Gasteiger charge is 2.08. The minimum absolute atomic E-state index is 0.187. The molecular formula is C19H25N3O2S2. The lowest BCUT2D eigenvalue weighted by atomic mass is 10.2. The van der Waals surface area contributed by atoms with Gasteiger partial charge in [-0.2, -0.15) is 5.10 Å². The van der Waals surface area contributed by atoms with Gasteiger partial charge in [0.05, 0.1) is 24.9 Å². The van der Waals surface area contributed by atoms with Crippen LogP contribution in [0.5, 0.6) is 0 Å². The largest absolute Gasteiger partial charge is 0.466 e. The van der Waals surface area contributed by atoms with Crippen LogP contribution >= 0.6 is 23.1 Å². The smallest absolute Gasteiger partial charge is 0.311 e. The van der Waals surface area contributed by atoms with E-state index in [1.807, 2.05) is 29.4 Å². The normalized spacial score (nSPS) is 11.0. The zero-order valence-electron chi connectivity index (χ0n) is 15.2. The molecule has 0 saturated heterocycles. The topological polar surface area (TPSA) is 63.6 Å². The van der Waals surface area contributed by atoms with Crippen molar-refractivity contribution in [1.29, 1.82) is 0 Å². The fourth-order valence-corrected chi connectivity index (χ4v) is 3.90. The molecule has 0 radical (unpaired) electrons. The first kappa shape index (κ1) is 20.5. The number of thioether (sulfide) groups is 1. The number of hydrogen-bond acceptors (Lipinski definition) is 7. The van der Waals surface area contributed by atoms with E-state index in [1.165, 1.54) is 35.5 Å². The second-order valence-electron chi connectivity index (χ2n) is 5.59. The zero-order valence-corrected chi connectivity index (χ0v) is 16.9. The number of nitrogens with zero attached hydrogens (tertiary/aromatic N) is 2. The van der Waals surface area contributed by atoms with Crippen molar-refractivity contribution in [2.75, 3.05) is 17.8 Å². The van der Waals surface area contributed by atoms with E-state index in [-0.39, 0.29) is 12.4 Å². The van der Waals surface area contributed by atoms with Gasteiger partial charge in [0.15, 0.2) is 0 Å². The van der Waals surface area contributed by atoms with E-state index < -0.39 is 0 Å². The quantitative estimate of drug-likeness (QED) is 0.192. The Morgan fingerprint density at radius 2 is 2.19 bits per heavy atom. The van der Waals surface area contributed by atoms with E-state index in [1.54, 1.807) is 6.92 Å². The van der Waals surface area contributed by atoms with Crippen LogP contribution in [0.4, 0.5) is 5.13 Å². The van der Waals surface area contributed by atoms with Crippen molar-refractivity contribution in [3.63, 3.8) is 0 Å². The predicted molar refractivity (Wildman–Crippen MR) is 110 cm³/mol. The van der Waals surface area contributed by atoms with Crippen molar-refractivity contribution in [1.82, 2.24) is 4.98 Å². The molecule has 0 amide bonds. The Kier molecular flexibility index (Phi) is 9.20. The molecule has 140 valence electrons. The summed E-state index contributed by atoms with van der Waals surface area (Å²) in [5, 5.41) is 6.79. The van der Waals surface area contributed by atoms with Gasteiger partial charge < -0.3 is 4.74 Å². The summed E-state index contributed by atoms with van der Waals surface area (Å²) in [5.74, 6) is 0.859. The molecule has 2 aromatic rings. The molecule has 0 aliphatic rings. The SMILES string of the molecule is CCCCCSc1ccccc1C=NNc1nc(CC(=O)OCC)cs1. The van der Waals surface area contributed by atoms with Crippen molar-refractivity contribution in [2.45, 2.75) is 44.4 Å². The van der Waals surface area contributed by atoms with Gasteiger partial charge in [0.2, 0.25) is 5.13 Å². The molecule has 0 unspecified atom stereocenters. The minimum Gasteiger partial charge on any atom is -0.466 e. The molecule has 0 fully saturated rings. The number of unbranched alkanes of at least 4 members (excludes halogenated alkanes) is 2. The van der Waals surface area contributed by atoms with Crippen LogP contribution in [0.2, 0.25) is 0 Å². The highest BCUT2D eigenvalue weighted by Crippen LogP contribution is 2.23. The summed E-state index contributed by atoms with van der Waals surface area (Å²) in [6.07, 6.45) is 5.73. The Hall–Kier alpha value is -1.86. The molecular weight excluding hydrogens is 366 g/mol. The maximum absolute atomic E-state index is 11.5. The molecule has 2 rings (SSSR count). The van der Waals surface area contributed by atoms with E-state index in [0.29, 0.717) is 17.4 Å². The Morgan fingerprint density at radius 3 is 3.00 bits per heavy atom. The van der Waals surface area contributed by atoms with Crippen molar-refractivity contribution in [3.8, 4) is 0 Å². The highest BCUT2D eigenvalue weighted by atomic mass is 32.2. The van der Waals surface area contributed by atoms with Crippen molar-refractivity contribution < 1.29 is 9.53 Å². The lowest BCUT2D eigenvalue weighted by Crippen LogP contribution is -2.07. The van der Waals surface area contributed by atoms with E-state index >= 15 is 0 Å². The number of aromatic nitrogens is 1. The Morgan fingerprint density at radius 1 is 1.35 bits per heavy atom. The lowest BCUT2D eigenvalue weighted by Gasteiger charge is -2.05. The number of ether oxygens (including phenoxy) is 1. The molecule has 7 heteroatoms. The number of benzene rings is 1. The van der Waals surface area contributed by atoms with Gasteiger partial charge in [-0.05, 0) is 25.2 Å². The Bertz CT molecular complexity index is 716. The molecule has 1 heterocycles. The second-order valence-corrected chi connectivity index (χ2v) is 7.58. The molecule has 0 spiro atoms. The molecule has 0 bridgehead atoms. The summed E-state index contributed by atoms with van der Waals surface area (Å²) in [5.41, 5.74) is 4.72. The Balaban J connectivity index is 1.88. The van der Waals surface area contributed by atoms with Crippen LogP contribution in [0.1, 0.15) is 44.4 Å². The van der Waals surface area contributed by atoms with Gasteiger partial charge in [0.25, 0.3) is 0 Å². The molecule has 1 aromatic carbocycles. The van der Waals surface area contributed by atoms with Crippen LogP contribution in [0.25, 0.3) is 0 Å². The van der Waals surface area contributed by atoms with Crippen LogP contribution in [-0.2, 0) is 16.0 Å². The second kappa shape index (κ2) is 11.7. The number of carbonyl (C=O) groups is 1. The number of anilines is 1. The van der Waals surface area contributed by atoms with Crippen LogP contribution in [-0.4, -0.2) is 29.5 Å². The number of esters is 1. The molecule has 1 N–H and O–H groups in total. The van der Waals surface area contributed by atoms with E-state index in [0.717, 1.165) is 11.3 Å². The lowest BCUT2D eigenvalue weighted by molar-refractivity contribution is -0.142. The molecule has 0 aliphatic carbocycles. The number of rotatable bonds is 11. The molecule has 5 nitrogen and oxygen atoms in total. The van der Waals surface area contributed by atoms with Crippen LogP contribution in [0.15, 0.2) is 39.6 Å². The fraction of sp³-hybridized carbons (Fsp3) is 0.421. The van der Waals surface area contributed by atoms with E-state index in [2.05, 4.69) is 40.6 Å². The number of carbonyl (C=O) groups excluding carboxylic acids is 1. The number of hydrazone groups is 1. The first-order valence-electron chi connectivity index (χ1n) is 8.83. The first-order chi connectivity index (χ1) is 12.7. The molecule has 0 aliphatic heterocycles. The minimum atomic E-state index is -0.262. The van der Waals surface area contributed by atoms with Gasteiger partial charge >= 0.3 is 5.97 Å². The Labute approximate surface area is 163 Å². The maximum Gasteiger partial charge on any atom is 0.311 e. The van der Waals surface area contributed by atoms with Gasteiger partial charge in [-0.25, -0.2) is 4.98 Å². The summed E-state index contributed by atoms with van der Waals surface area (Å²) in [7, 11) is 0. The average Bonchev–Trinajstić information content (AvgIpc) is 3.07. The van der Waals surface area contributed by atoms with E-state index in [4.69, 9.17) is 4.74 Å². The fourth-order valence-electron chi connectivity index (χ4n) is 2.21. The van der Waals surface area contributed by atoms with Gasteiger partial charge in [0, 0.05) is 15.8 Å². The van der Waals surface area contributed by atoms with Gasteiger partial charge in [-0.1, -0.05) is 38.0 Å². The number of nitrogens with one attached hydrogen (secondary N) is 1. The summed E-state index contributed by atoms with van der Waals surface area (Å²) < 4.78 is 4.93.